The van der Waals surface area contributed by atoms with Crippen molar-refractivity contribution in [2.24, 2.45) is 4.99 Å². The van der Waals surface area contributed by atoms with E-state index in [9.17, 15) is 0 Å². The predicted octanol–water partition coefficient (Wildman–Crippen LogP) is 2.20. The van der Waals surface area contributed by atoms with E-state index in [1.807, 2.05) is 24.3 Å². The van der Waals surface area contributed by atoms with E-state index in [2.05, 4.69) is 19.8 Å². The van der Waals surface area contributed by atoms with Crippen molar-refractivity contribution in [1.29, 1.82) is 0 Å². The largest absolute Gasteiger partial charge is 0.382 e. The number of benzene rings is 1. The van der Waals surface area contributed by atoms with Crippen molar-refractivity contribution >= 4 is 17.2 Å². The summed E-state index contributed by atoms with van der Waals surface area (Å²) in [6, 6.07) is 7.81. The molecule has 1 unspecified atom stereocenters. The van der Waals surface area contributed by atoms with Crippen LogP contribution >= 0.6 is 0 Å². The Labute approximate surface area is 110 Å². The van der Waals surface area contributed by atoms with Crippen LogP contribution in [-0.4, -0.2) is 22.2 Å². The van der Waals surface area contributed by atoms with Gasteiger partial charge in [0.25, 0.3) is 0 Å². The summed E-state index contributed by atoms with van der Waals surface area (Å²) in [4.78, 5) is 16.4. The summed E-state index contributed by atoms with van der Waals surface area (Å²) >= 11 is 0. The van der Waals surface area contributed by atoms with Gasteiger partial charge in [0.15, 0.2) is 5.82 Å². The third kappa shape index (κ3) is 1.83. The number of para-hydroxylation sites is 1. The Balaban J connectivity index is 2.13. The second-order valence-corrected chi connectivity index (χ2v) is 4.24. The summed E-state index contributed by atoms with van der Waals surface area (Å²) in [5, 5.41) is 0. The van der Waals surface area contributed by atoms with Gasteiger partial charge in [0, 0.05) is 12.4 Å². The maximum absolute atomic E-state index is 7.12. The zero-order valence-corrected chi connectivity index (χ0v) is 10.1. The number of aliphatic imine (C=N–C) groups is 1. The van der Waals surface area contributed by atoms with Crippen molar-refractivity contribution in [3.05, 3.63) is 59.3 Å². The summed E-state index contributed by atoms with van der Waals surface area (Å²) in [7, 11) is 0. The molecular formula is C14H11N5. The Morgan fingerprint density at radius 1 is 1.21 bits per heavy atom. The molecular weight excluding hydrogens is 238 g/mol. The van der Waals surface area contributed by atoms with Crippen molar-refractivity contribution in [2.45, 2.75) is 5.92 Å². The van der Waals surface area contributed by atoms with Gasteiger partial charge in [-0.05, 0) is 11.6 Å². The molecule has 2 N–H and O–H groups in total. The fraction of sp³-hybridized carbons (Fsp3) is 0.143. The topological polar surface area (TPSA) is 68.5 Å². The lowest BCUT2D eigenvalue weighted by Gasteiger charge is -2.09. The molecule has 1 atom stereocenters. The molecule has 1 aliphatic heterocycles. The van der Waals surface area contributed by atoms with Gasteiger partial charge < -0.3 is 10.6 Å². The Morgan fingerprint density at radius 2 is 2.00 bits per heavy atom. The molecule has 5 heteroatoms. The quantitative estimate of drug-likeness (QED) is 0.829. The Bertz CT molecular complexity index is 699. The van der Waals surface area contributed by atoms with Gasteiger partial charge in [-0.3, -0.25) is 0 Å². The molecule has 0 radical (unpaired) electrons. The van der Waals surface area contributed by atoms with Crippen LogP contribution < -0.4 is 5.73 Å². The lowest BCUT2D eigenvalue weighted by atomic mass is 9.94. The number of nitrogens with two attached hydrogens (primary N) is 1. The Hall–Kier alpha value is -2.74. The first-order valence-electron chi connectivity index (χ1n) is 5.89. The van der Waals surface area contributed by atoms with E-state index >= 15 is 0 Å². The van der Waals surface area contributed by atoms with Crippen molar-refractivity contribution in [3.8, 4) is 0 Å². The first kappa shape index (κ1) is 11.4. The number of fused-ring (bicyclic) bond motifs is 1. The maximum atomic E-state index is 7.12. The molecule has 0 aliphatic carbocycles. The average molecular weight is 249 g/mol. The van der Waals surface area contributed by atoms with Crippen molar-refractivity contribution in [1.82, 2.24) is 9.97 Å². The van der Waals surface area contributed by atoms with E-state index in [4.69, 9.17) is 12.3 Å². The first-order valence-corrected chi connectivity index (χ1v) is 5.89. The second kappa shape index (κ2) is 4.50. The SMILES string of the molecule is [C-]#[N+]CC1C(c2nccnc2N)=Nc2ccccc21. The fourth-order valence-corrected chi connectivity index (χ4v) is 2.28. The molecule has 0 bridgehead atoms. The van der Waals surface area contributed by atoms with E-state index < -0.39 is 0 Å². The Morgan fingerprint density at radius 3 is 2.79 bits per heavy atom. The molecule has 2 heterocycles. The van der Waals surface area contributed by atoms with Gasteiger partial charge in [0.05, 0.1) is 11.4 Å². The molecule has 19 heavy (non-hydrogen) atoms. The van der Waals surface area contributed by atoms with Gasteiger partial charge in [-0.2, -0.15) is 0 Å². The van der Waals surface area contributed by atoms with Gasteiger partial charge in [-0.25, -0.2) is 21.5 Å². The predicted molar refractivity (Wildman–Crippen MR) is 73.3 cm³/mol. The van der Waals surface area contributed by atoms with Crippen LogP contribution in [-0.2, 0) is 0 Å². The van der Waals surface area contributed by atoms with Crippen LogP contribution in [0.1, 0.15) is 17.2 Å². The molecule has 5 nitrogen and oxygen atoms in total. The van der Waals surface area contributed by atoms with E-state index in [0.29, 0.717) is 18.1 Å². The highest BCUT2D eigenvalue weighted by Crippen LogP contribution is 2.37. The summed E-state index contributed by atoms with van der Waals surface area (Å²) in [5.41, 5.74) is 9.12. The van der Waals surface area contributed by atoms with Gasteiger partial charge in [0.2, 0.25) is 6.54 Å². The highest BCUT2D eigenvalue weighted by atomic mass is 14.9. The monoisotopic (exact) mass is 249 g/mol. The molecule has 0 spiro atoms. The summed E-state index contributed by atoms with van der Waals surface area (Å²) in [6.07, 6.45) is 3.14. The van der Waals surface area contributed by atoms with Gasteiger partial charge in [0.1, 0.15) is 11.6 Å². The third-order valence-electron chi connectivity index (χ3n) is 3.13. The van der Waals surface area contributed by atoms with Crippen molar-refractivity contribution in [2.75, 3.05) is 12.3 Å². The zero-order chi connectivity index (χ0) is 13.2. The standard InChI is InChI=1S/C14H11N5/c1-16-8-10-9-4-2-3-5-11(9)19-12(10)13-14(15)18-7-6-17-13/h2-7,10H,8H2,(H2,15,18). The number of hydrogen-bond donors (Lipinski definition) is 1. The van der Waals surface area contributed by atoms with Crippen LogP contribution in [0.15, 0.2) is 41.7 Å². The smallest absolute Gasteiger partial charge is 0.227 e. The summed E-state index contributed by atoms with van der Waals surface area (Å²) in [5.74, 6) is 0.275. The van der Waals surface area contributed by atoms with E-state index in [0.717, 1.165) is 17.0 Å². The molecule has 92 valence electrons. The first-order chi connectivity index (χ1) is 9.31. The van der Waals surface area contributed by atoms with Crippen LogP contribution in [0, 0.1) is 6.57 Å². The van der Waals surface area contributed by atoms with Crippen LogP contribution in [0.25, 0.3) is 4.85 Å². The second-order valence-electron chi connectivity index (χ2n) is 4.24. The number of aromatic nitrogens is 2. The summed E-state index contributed by atoms with van der Waals surface area (Å²) in [6.45, 7) is 7.46. The third-order valence-corrected chi connectivity index (χ3v) is 3.13. The molecule has 0 amide bonds. The van der Waals surface area contributed by atoms with Gasteiger partial charge >= 0.3 is 0 Å². The molecule has 0 saturated carbocycles. The van der Waals surface area contributed by atoms with E-state index in [-0.39, 0.29) is 5.92 Å². The molecule has 0 saturated heterocycles. The minimum Gasteiger partial charge on any atom is -0.382 e. The van der Waals surface area contributed by atoms with Crippen molar-refractivity contribution in [3.63, 3.8) is 0 Å². The molecule has 3 rings (SSSR count). The van der Waals surface area contributed by atoms with Crippen LogP contribution in [0.4, 0.5) is 11.5 Å². The zero-order valence-electron chi connectivity index (χ0n) is 10.1. The normalized spacial score (nSPS) is 16.6. The van der Waals surface area contributed by atoms with Gasteiger partial charge in [-0.1, -0.05) is 18.2 Å². The Kier molecular flexibility index (Phi) is 2.69. The molecule has 2 aromatic rings. The summed E-state index contributed by atoms with van der Waals surface area (Å²) < 4.78 is 0. The van der Waals surface area contributed by atoms with E-state index in [1.54, 1.807) is 12.4 Å². The van der Waals surface area contributed by atoms with Crippen molar-refractivity contribution < 1.29 is 0 Å². The number of nitrogens with zero attached hydrogens (tertiary/aromatic N) is 4. The minimum atomic E-state index is -0.0762. The van der Waals surface area contributed by atoms with Crippen LogP contribution in [0.3, 0.4) is 0 Å². The van der Waals surface area contributed by atoms with Crippen LogP contribution in [0.5, 0.6) is 0 Å². The number of rotatable bonds is 2. The number of hydrogen-bond acceptors (Lipinski definition) is 4. The molecule has 0 fully saturated rings. The lowest BCUT2D eigenvalue weighted by molar-refractivity contribution is 0.992. The van der Waals surface area contributed by atoms with Gasteiger partial charge in [-0.15, -0.1) is 0 Å². The number of nitrogen functional groups attached to an aromatic ring is 1. The lowest BCUT2D eigenvalue weighted by Crippen LogP contribution is -2.16. The number of anilines is 1. The molecule has 1 aromatic heterocycles. The highest BCUT2D eigenvalue weighted by molar-refractivity contribution is 6.11. The van der Waals surface area contributed by atoms with Crippen LogP contribution in [0.2, 0.25) is 0 Å². The van der Waals surface area contributed by atoms with E-state index in [1.165, 1.54) is 0 Å². The molecule has 1 aliphatic rings. The fourth-order valence-electron chi connectivity index (χ4n) is 2.28. The minimum absolute atomic E-state index is 0.0762. The average Bonchev–Trinajstić information content (AvgIpc) is 2.79. The highest BCUT2D eigenvalue weighted by Gasteiger charge is 2.32. The maximum Gasteiger partial charge on any atom is 0.227 e. The molecule has 1 aromatic carbocycles.